The lowest BCUT2D eigenvalue weighted by molar-refractivity contribution is -0.169. The second-order valence-corrected chi connectivity index (χ2v) is 5.56. The van der Waals surface area contributed by atoms with Crippen LogP contribution in [0.4, 0.5) is 0 Å². The summed E-state index contributed by atoms with van der Waals surface area (Å²) in [6.07, 6.45) is 1.70. The van der Waals surface area contributed by atoms with Gasteiger partial charge in [0.05, 0.1) is 24.8 Å². The molecule has 1 amide bonds. The maximum Gasteiger partial charge on any atom is 0.314 e. The summed E-state index contributed by atoms with van der Waals surface area (Å²) >= 11 is 0. The highest BCUT2D eigenvalue weighted by Gasteiger charge is 2.31. The fraction of sp³-hybridized carbons (Fsp3) is 0.267. The van der Waals surface area contributed by atoms with Crippen LogP contribution in [-0.4, -0.2) is 43.7 Å². The molecular formula is C15H14N6O3. The zero-order valence-electron chi connectivity index (χ0n) is 12.6. The van der Waals surface area contributed by atoms with E-state index in [9.17, 15) is 9.59 Å². The summed E-state index contributed by atoms with van der Waals surface area (Å²) in [6.45, 7) is 1.08. The molecule has 0 radical (unpaired) electrons. The second kappa shape index (κ2) is 5.76. The molecule has 2 N–H and O–H groups in total. The maximum absolute atomic E-state index is 12.3. The molecule has 0 saturated carbocycles. The number of aromatic nitrogens is 5. The van der Waals surface area contributed by atoms with E-state index in [0.29, 0.717) is 24.5 Å². The van der Waals surface area contributed by atoms with Crippen molar-refractivity contribution in [2.24, 2.45) is 5.92 Å². The van der Waals surface area contributed by atoms with Gasteiger partial charge in [-0.1, -0.05) is 23.4 Å². The van der Waals surface area contributed by atoms with Gasteiger partial charge in [-0.15, -0.1) is 5.10 Å². The number of hydrogen-bond acceptors (Lipinski definition) is 6. The van der Waals surface area contributed by atoms with Gasteiger partial charge in [-0.2, -0.15) is 5.10 Å². The van der Waals surface area contributed by atoms with Gasteiger partial charge in [-0.3, -0.25) is 19.4 Å². The Hall–Kier alpha value is -3.23. The number of aromatic amines is 1. The first-order valence-corrected chi connectivity index (χ1v) is 7.47. The van der Waals surface area contributed by atoms with Crippen LogP contribution in [0.2, 0.25) is 0 Å². The minimum Gasteiger partial charge on any atom is -0.464 e. The van der Waals surface area contributed by atoms with Gasteiger partial charge < -0.3 is 10.1 Å². The number of rotatable bonds is 5. The van der Waals surface area contributed by atoms with Gasteiger partial charge in [0.25, 0.3) is 5.91 Å². The second-order valence-electron chi connectivity index (χ2n) is 5.56. The van der Waals surface area contributed by atoms with Crippen molar-refractivity contribution in [3.8, 4) is 0 Å². The smallest absolute Gasteiger partial charge is 0.314 e. The van der Waals surface area contributed by atoms with Crippen LogP contribution >= 0.6 is 0 Å². The third-order valence-corrected chi connectivity index (χ3v) is 3.87. The zero-order chi connectivity index (χ0) is 16.5. The molecule has 1 fully saturated rings. The number of cyclic esters (lactones) is 1. The SMILES string of the molecule is O=C(NCc1cn(CC2COC2=O)nn1)c1n[nH]c2ccccc12. The fourth-order valence-electron chi connectivity index (χ4n) is 2.52. The Morgan fingerprint density at radius 1 is 1.42 bits per heavy atom. The number of esters is 1. The van der Waals surface area contributed by atoms with Gasteiger partial charge in [0.2, 0.25) is 0 Å². The number of fused-ring (bicyclic) bond motifs is 1. The number of carbonyl (C=O) groups excluding carboxylic acids is 2. The Labute approximate surface area is 136 Å². The largest absolute Gasteiger partial charge is 0.464 e. The number of hydrogen-bond donors (Lipinski definition) is 2. The van der Waals surface area contributed by atoms with Crippen LogP contribution in [0.15, 0.2) is 30.5 Å². The summed E-state index contributed by atoms with van der Waals surface area (Å²) in [7, 11) is 0. The molecule has 3 heterocycles. The number of amides is 1. The van der Waals surface area contributed by atoms with Crippen LogP contribution in [0, 0.1) is 5.92 Å². The summed E-state index contributed by atoms with van der Waals surface area (Å²) in [6, 6.07) is 7.42. The number of benzene rings is 1. The highest BCUT2D eigenvalue weighted by atomic mass is 16.6. The minimum absolute atomic E-state index is 0.162. The van der Waals surface area contributed by atoms with Crippen LogP contribution in [0.1, 0.15) is 16.2 Å². The zero-order valence-corrected chi connectivity index (χ0v) is 12.6. The van der Waals surface area contributed by atoms with Crippen molar-refractivity contribution in [3.05, 3.63) is 41.9 Å². The molecule has 1 aliphatic rings. The molecule has 3 aromatic rings. The normalized spacial score (nSPS) is 16.7. The molecule has 1 aliphatic heterocycles. The number of carbonyl (C=O) groups is 2. The van der Waals surface area contributed by atoms with Crippen LogP contribution in [0.25, 0.3) is 10.9 Å². The molecule has 1 saturated heterocycles. The van der Waals surface area contributed by atoms with E-state index in [2.05, 4.69) is 25.8 Å². The van der Waals surface area contributed by atoms with Gasteiger partial charge in [-0.25, -0.2) is 0 Å². The van der Waals surface area contributed by atoms with Crippen molar-refractivity contribution < 1.29 is 14.3 Å². The van der Waals surface area contributed by atoms with E-state index in [0.717, 1.165) is 10.9 Å². The standard InChI is InChI=1S/C15H14N6O3/c22-14(13-11-3-1-2-4-12(11)18-19-13)16-5-10-7-21(20-17-10)6-9-8-24-15(9)23/h1-4,7,9H,5-6,8H2,(H,16,22)(H,18,19). The average Bonchev–Trinajstić information content (AvgIpc) is 3.23. The van der Waals surface area contributed by atoms with Gasteiger partial charge in [0, 0.05) is 5.39 Å². The van der Waals surface area contributed by atoms with Crippen LogP contribution < -0.4 is 5.32 Å². The lowest BCUT2D eigenvalue weighted by Crippen LogP contribution is -2.37. The van der Waals surface area contributed by atoms with E-state index < -0.39 is 0 Å². The molecule has 122 valence electrons. The van der Waals surface area contributed by atoms with Gasteiger partial charge in [-0.05, 0) is 6.07 Å². The third-order valence-electron chi connectivity index (χ3n) is 3.87. The molecule has 1 unspecified atom stereocenters. The molecule has 24 heavy (non-hydrogen) atoms. The van der Waals surface area contributed by atoms with E-state index in [4.69, 9.17) is 4.74 Å². The van der Waals surface area contributed by atoms with Crippen LogP contribution in [0.5, 0.6) is 0 Å². The molecule has 0 bridgehead atoms. The van der Waals surface area contributed by atoms with Gasteiger partial charge in [0.15, 0.2) is 5.69 Å². The Bertz CT molecular complexity index is 915. The summed E-state index contributed by atoms with van der Waals surface area (Å²) in [5, 5.41) is 18.3. The number of para-hydroxylation sites is 1. The molecule has 9 nitrogen and oxygen atoms in total. The lowest BCUT2D eigenvalue weighted by atomic mass is 10.1. The Balaban J connectivity index is 1.39. The Morgan fingerprint density at radius 2 is 2.29 bits per heavy atom. The van der Waals surface area contributed by atoms with Crippen molar-refractivity contribution in [2.75, 3.05) is 6.61 Å². The summed E-state index contributed by atoms with van der Waals surface area (Å²) in [5.41, 5.74) is 1.76. The quantitative estimate of drug-likeness (QED) is 0.650. The molecule has 0 spiro atoms. The number of ether oxygens (including phenoxy) is 1. The molecule has 9 heteroatoms. The highest BCUT2D eigenvalue weighted by molar-refractivity contribution is 6.04. The van der Waals surface area contributed by atoms with Crippen molar-refractivity contribution in [1.29, 1.82) is 0 Å². The van der Waals surface area contributed by atoms with E-state index >= 15 is 0 Å². The molecule has 4 rings (SSSR count). The molecular weight excluding hydrogens is 312 g/mol. The third kappa shape index (κ3) is 2.60. The number of nitrogens with zero attached hydrogens (tertiary/aromatic N) is 4. The first-order valence-electron chi connectivity index (χ1n) is 7.47. The molecule has 1 aromatic carbocycles. The van der Waals surface area contributed by atoms with Crippen molar-refractivity contribution in [2.45, 2.75) is 13.1 Å². The van der Waals surface area contributed by atoms with E-state index in [1.54, 1.807) is 10.9 Å². The molecule has 1 atom stereocenters. The van der Waals surface area contributed by atoms with E-state index in [-0.39, 0.29) is 24.3 Å². The van der Waals surface area contributed by atoms with Gasteiger partial charge in [0.1, 0.15) is 18.2 Å². The molecule has 0 aliphatic carbocycles. The minimum atomic E-state index is -0.287. The maximum atomic E-state index is 12.3. The Morgan fingerprint density at radius 3 is 3.08 bits per heavy atom. The summed E-state index contributed by atoms with van der Waals surface area (Å²) in [5.74, 6) is -0.667. The van der Waals surface area contributed by atoms with Crippen molar-refractivity contribution >= 4 is 22.8 Å². The van der Waals surface area contributed by atoms with Crippen LogP contribution in [-0.2, 0) is 22.6 Å². The Kier molecular flexibility index (Phi) is 3.45. The predicted molar refractivity (Wildman–Crippen MR) is 81.7 cm³/mol. The summed E-state index contributed by atoms with van der Waals surface area (Å²) in [4.78, 5) is 23.4. The average molecular weight is 326 g/mol. The first-order chi connectivity index (χ1) is 11.7. The number of H-pyrrole nitrogens is 1. The van der Waals surface area contributed by atoms with Crippen LogP contribution in [0.3, 0.4) is 0 Å². The lowest BCUT2D eigenvalue weighted by Gasteiger charge is -2.23. The van der Waals surface area contributed by atoms with Crippen molar-refractivity contribution in [3.63, 3.8) is 0 Å². The predicted octanol–water partition coefficient (Wildman–Crippen LogP) is 0.257. The summed E-state index contributed by atoms with van der Waals surface area (Å²) < 4.78 is 6.29. The first kappa shape index (κ1) is 14.4. The van der Waals surface area contributed by atoms with Gasteiger partial charge >= 0.3 is 5.97 Å². The van der Waals surface area contributed by atoms with E-state index in [1.807, 2.05) is 24.3 Å². The molecule has 2 aromatic heterocycles. The van der Waals surface area contributed by atoms with E-state index in [1.165, 1.54) is 0 Å². The monoisotopic (exact) mass is 326 g/mol. The fourth-order valence-corrected chi connectivity index (χ4v) is 2.52. The highest BCUT2D eigenvalue weighted by Crippen LogP contribution is 2.15. The van der Waals surface area contributed by atoms with Crippen molar-refractivity contribution in [1.82, 2.24) is 30.5 Å². The topological polar surface area (TPSA) is 115 Å². The number of nitrogens with one attached hydrogen (secondary N) is 2.